The monoisotopic (exact) mass is 321 g/mol. The molecule has 1 N–H and O–H groups in total. The van der Waals surface area contributed by atoms with Gasteiger partial charge in [0.25, 0.3) is 0 Å². The number of amides is 1. The Balaban J connectivity index is 2.16. The van der Waals surface area contributed by atoms with Crippen LogP contribution in [0.5, 0.6) is 5.75 Å². The second kappa shape index (κ2) is 6.41. The van der Waals surface area contributed by atoms with E-state index >= 15 is 0 Å². The topological polar surface area (TPSA) is 38.3 Å². The van der Waals surface area contributed by atoms with Gasteiger partial charge < -0.3 is 0 Å². The SMILES string of the molecule is COc1ccc(NC(=O)c2ccccc2[Se]C)cc1. The van der Waals surface area contributed by atoms with Crippen LogP contribution in [0.2, 0.25) is 5.82 Å². The number of methoxy groups -OCH3 is 1. The summed E-state index contributed by atoms with van der Waals surface area (Å²) in [7, 11) is 1.62. The Morgan fingerprint density at radius 1 is 1.11 bits per heavy atom. The fourth-order valence-corrected chi connectivity index (χ4v) is 2.95. The summed E-state index contributed by atoms with van der Waals surface area (Å²) in [4.78, 5) is 12.2. The van der Waals surface area contributed by atoms with Crippen molar-refractivity contribution in [3.05, 3.63) is 54.1 Å². The van der Waals surface area contributed by atoms with Crippen molar-refractivity contribution in [3.8, 4) is 5.75 Å². The predicted octanol–water partition coefficient (Wildman–Crippen LogP) is 2.33. The van der Waals surface area contributed by atoms with Gasteiger partial charge in [0.15, 0.2) is 0 Å². The first-order chi connectivity index (χ1) is 9.24. The third-order valence-electron chi connectivity index (χ3n) is 2.70. The molecule has 0 fully saturated rings. The van der Waals surface area contributed by atoms with Crippen LogP contribution in [0.4, 0.5) is 5.69 Å². The normalized spacial score (nSPS) is 10.0. The first kappa shape index (κ1) is 13.7. The number of benzene rings is 2. The molecule has 2 aromatic carbocycles. The van der Waals surface area contributed by atoms with Gasteiger partial charge in [0.05, 0.1) is 0 Å². The van der Waals surface area contributed by atoms with Gasteiger partial charge in [0, 0.05) is 0 Å². The van der Waals surface area contributed by atoms with Crippen molar-refractivity contribution >= 4 is 31.0 Å². The van der Waals surface area contributed by atoms with E-state index in [0.29, 0.717) is 15.0 Å². The molecule has 0 bridgehead atoms. The van der Waals surface area contributed by atoms with E-state index < -0.39 is 0 Å². The number of ether oxygens (including phenoxy) is 1. The Morgan fingerprint density at radius 2 is 1.79 bits per heavy atom. The van der Waals surface area contributed by atoms with Gasteiger partial charge >= 0.3 is 119 Å². The minimum absolute atomic E-state index is 0.0653. The zero-order valence-corrected chi connectivity index (χ0v) is 12.6. The summed E-state index contributed by atoms with van der Waals surface area (Å²) in [5, 5.41) is 2.90. The first-order valence-electron chi connectivity index (χ1n) is 5.83. The Hall–Kier alpha value is -1.77. The zero-order chi connectivity index (χ0) is 13.7. The molecule has 0 aliphatic carbocycles. The molecule has 2 rings (SSSR count). The van der Waals surface area contributed by atoms with E-state index in [9.17, 15) is 4.79 Å². The van der Waals surface area contributed by atoms with Gasteiger partial charge in [0.2, 0.25) is 0 Å². The van der Waals surface area contributed by atoms with E-state index in [1.54, 1.807) is 7.11 Å². The van der Waals surface area contributed by atoms with Crippen LogP contribution in [-0.2, 0) is 0 Å². The standard InChI is InChI=1S/C15H15NO2Se/c1-18-12-9-7-11(8-10-12)16-15(17)13-5-3-4-6-14(13)19-2/h3-10H,1-2H3,(H,16,17). The maximum atomic E-state index is 12.2. The van der Waals surface area contributed by atoms with Crippen molar-refractivity contribution in [1.29, 1.82) is 0 Å². The summed E-state index contributed by atoms with van der Waals surface area (Å²) in [6.45, 7) is 0. The van der Waals surface area contributed by atoms with Crippen molar-refractivity contribution in [3.63, 3.8) is 0 Å². The van der Waals surface area contributed by atoms with Gasteiger partial charge in [-0.05, 0) is 0 Å². The van der Waals surface area contributed by atoms with Crippen LogP contribution < -0.4 is 14.5 Å². The van der Waals surface area contributed by atoms with E-state index in [0.717, 1.165) is 21.5 Å². The third-order valence-corrected chi connectivity index (χ3v) is 4.37. The number of hydrogen-bond donors (Lipinski definition) is 1. The molecule has 4 heteroatoms. The number of rotatable bonds is 4. The second-order valence-corrected chi connectivity index (χ2v) is 5.66. The molecule has 0 unspecified atom stereocenters. The summed E-state index contributed by atoms with van der Waals surface area (Å²) >= 11 is 0.299. The van der Waals surface area contributed by atoms with Crippen LogP contribution in [0, 0.1) is 0 Å². The Morgan fingerprint density at radius 3 is 2.42 bits per heavy atom. The molecular weight excluding hydrogens is 305 g/mol. The van der Waals surface area contributed by atoms with Crippen LogP contribution in [0.15, 0.2) is 48.5 Å². The first-order valence-corrected chi connectivity index (χ1v) is 8.40. The van der Waals surface area contributed by atoms with Crippen molar-refractivity contribution in [2.75, 3.05) is 12.4 Å². The summed E-state index contributed by atoms with van der Waals surface area (Å²) in [5.41, 5.74) is 1.52. The number of carbonyl (C=O) groups excluding carboxylic acids is 1. The average molecular weight is 320 g/mol. The molecular formula is C15H15NO2Se. The summed E-state index contributed by atoms with van der Waals surface area (Å²) in [5.74, 6) is 2.81. The molecule has 1 amide bonds. The predicted molar refractivity (Wildman–Crippen MR) is 78.6 cm³/mol. The van der Waals surface area contributed by atoms with Crippen molar-refractivity contribution in [1.82, 2.24) is 0 Å². The Kier molecular flexibility index (Phi) is 4.61. The van der Waals surface area contributed by atoms with E-state index in [2.05, 4.69) is 11.1 Å². The molecule has 2 aromatic rings. The van der Waals surface area contributed by atoms with Gasteiger partial charge in [-0.25, -0.2) is 0 Å². The number of nitrogens with one attached hydrogen (secondary N) is 1. The molecule has 19 heavy (non-hydrogen) atoms. The molecule has 0 aliphatic rings. The molecule has 0 aromatic heterocycles. The van der Waals surface area contributed by atoms with Crippen LogP contribution in [-0.4, -0.2) is 28.0 Å². The number of carbonyl (C=O) groups is 1. The molecule has 98 valence electrons. The van der Waals surface area contributed by atoms with Gasteiger partial charge in [-0.2, -0.15) is 0 Å². The molecule has 0 saturated carbocycles. The van der Waals surface area contributed by atoms with Crippen molar-refractivity contribution in [2.45, 2.75) is 5.82 Å². The van der Waals surface area contributed by atoms with Gasteiger partial charge in [-0.1, -0.05) is 0 Å². The zero-order valence-electron chi connectivity index (χ0n) is 10.8. The third kappa shape index (κ3) is 3.37. The summed E-state index contributed by atoms with van der Waals surface area (Å²) in [6, 6.07) is 15.0. The van der Waals surface area contributed by atoms with Gasteiger partial charge in [-0.3, -0.25) is 0 Å². The molecule has 0 aliphatic heterocycles. The summed E-state index contributed by atoms with van der Waals surface area (Å²) < 4.78 is 6.20. The Labute approximate surface area is 119 Å². The van der Waals surface area contributed by atoms with Crippen molar-refractivity contribution < 1.29 is 9.53 Å². The maximum absolute atomic E-state index is 12.2. The van der Waals surface area contributed by atoms with Crippen LogP contribution >= 0.6 is 0 Å². The molecule has 0 saturated heterocycles. The molecule has 0 heterocycles. The quantitative estimate of drug-likeness (QED) is 0.878. The summed E-state index contributed by atoms with van der Waals surface area (Å²) in [6.07, 6.45) is 0. The second-order valence-electron chi connectivity index (χ2n) is 3.88. The average Bonchev–Trinajstić information content (AvgIpc) is 2.48. The van der Waals surface area contributed by atoms with Crippen molar-refractivity contribution in [2.24, 2.45) is 0 Å². The minimum atomic E-state index is -0.0653. The van der Waals surface area contributed by atoms with Gasteiger partial charge in [-0.15, -0.1) is 0 Å². The van der Waals surface area contributed by atoms with E-state index in [1.807, 2.05) is 48.5 Å². The molecule has 0 atom stereocenters. The van der Waals surface area contributed by atoms with Crippen LogP contribution in [0.3, 0.4) is 0 Å². The molecule has 0 radical (unpaired) electrons. The Bertz CT molecular complexity index is 567. The molecule has 3 nitrogen and oxygen atoms in total. The fourth-order valence-electron chi connectivity index (χ4n) is 1.71. The fraction of sp³-hybridized carbons (Fsp3) is 0.133. The van der Waals surface area contributed by atoms with E-state index in [1.165, 1.54) is 0 Å². The van der Waals surface area contributed by atoms with E-state index in [4.69, 9.17) is 4.74 Å². The molecule has 0 spiro atoms. The number of anilines is 1. The van der Waals surface area contributed by atoms with Gasteiger partial charge in [0.1, 0.15) is 0 Å². The van der Waals surface area contributed by atoms with E-state index in [-0.39, 0.29) is 5.91 Å². The van der Waals surface area contributed by atoms with Crippen LogP contribution in [0.25, 0.3) is 0 Å². The van der Waals surface area contributed by atoms with Crippen LogP contribution in [0.1, 0.15) is 10.4 Å². The number of hydrogen-bond acceptors (Lipinski definition) is 2.